The normalized spacial score (nSPS) is 27.7. The van der Waals surface area contributed by atoms with Crippen LogP contribution in [0.5, 0.6) is 11.5 Å². The van der Waals surface area contributed by atoms with E-state index in [4.69, 9.17) is 15.2 Å². The van der Waals surface area contributed by atoms with Crippen molar-refractivity contribution in [3.63, 3.8) is 0 Å². The lowest BCUT2D eigenvalue weighted by atomic mass is 10.1. The molecule has 0 spiro atoms. The number of hydrogen-bond acceptors (Lipinski definition) is 4. The monoisotopic (exact) mass is 262 g/mol. The highest BCUT2D eigenvalue weighted by molar-refractivity contribution is 5.45. The molecule has 2 aliphatic heterocycles. The zero-order valence-corrected chi connectivity index (χ0v) is 11.6. The van der Waals surface area contributed by atoms with Gasteiger partial charge in [-0.2, -0.15) is 0 Å². The van der Waals surface area contributed by atoms with Crippen molar-refractivity contribution in [1.82, 2.24) is 4.90 Å². The number of nitrogens with two attached hydrogens (primary N) is 1. The number of nitrogens with zero attached hydrogens (tertiary/aromatic N) is 1. The topological polar surface area (TPSA) is 47.7 Å². The molecule has 2 N–H and O–H groups in total. The first-order chi connectivity index (χ1) is 9.13. The Hall–Kier alpha value is -1.26. The lowest BCUT2D eigenvalue weighted by molar-refractivity contribution is 0.174. The van der Waals surface area contributed by atoms with Gasteiger partial charge in [-0.1, -0.05) is 13.0 Å². The maximum Gasteiger partial charge on any atom is 0.231 e. The van der Waals surface area contributed by atoms with Crippen LogP contribution in [0.2, 0.25) is 0 Å². The van der Waals surface area contributed by atoms with Crippen molar-refractivity contribution in [3.8, 4) is 11.5 Å². The van der Waals surface area contributed by atoms with Gasteiger partial charge in [0, 0.05) is 25.2 Å². The molecule has 3 unspecified atom stereocenters. The molecule has 1 saturated heterocycles. The van der Waals surface area contributed by atoms with Gasteiger partial charge >= 0.3 is 0 Å². The van der Waals surface area contributed by atoms with Gasteiger partial charge in [0.05, 0.1) is 0 Å². The first kappa shape index (κ1) is 12.8. The van der Waals surface area contributed by atoms with Gasteiger partial charge < -0.3 is 15.2 Å². The van der Waals surface area contributed by atoms with E-state index < -0.39 is 0 Å². The summed E-state index contributed by atoms with van der Waals surface area (Å²) in [6, 6.07) is 6.67. The van der Waals surface area contributed by atoms with Crippen LogP contribution in [-0.2, 0) is 0 Å². The average Bonchev–Trinajstić information content (AvgIpc) is 2.95. The number of rotatable bonds is 3. The third-order valence-corrected chi connectivity index (χ3v) is 4.17. The van der Waals surface area contributed by atoms with E-state index >= 15 is 0 Å². The van der Waals surface area contributed by atoms with Crippen molar-refractivity contribution >= 4 is 0 Å². The highest BCUT2D eigenvalue weighted by Crippen LogP contribution is 2.34. The lowest BCUT2D eigenvalue weighted by Crippen LogP contribution is -2.34. The number of ether oxygens (including phenoxy) is 2. The highest BCUT2D eigenvalue weighted by Gasteiger charge is 2.27. The van der Waals surface area contributed by atoms with Crippen molar-refractivity contribution < 1.29 is 9.47 Å². The second-order valence-electron chi connectivity index (χ2n) is 5.86. The Kier molecular flexibility index (Phi) is 3.37. The van der Waals surface area contributed by atoms with Crippen molar-refractivity contribution in [2.75, 3.05) is 19.9 Å². The summed E-state index contributed by atoms with van der Waals surface area (Å²) in [6.45, 7) is 6.97. The van der Waals surface area contributed by atoms with E-state index in [9.17, 15) is 0 Å². The molecule has 3 atom stereocenters. The van der Waals surface area contributed by atoms with Gasteiger partial charge in [-0.3, -0.25) is 4.90 Å². The first-order valence-electron chi connectivity index (χ1n) is 7.02. The number of fused-ring (bicyclic) bond motifs is 1. The Morgan fingerprint density at radius 1 is 1.32 bits per heavy atom. The van der Waals surface area contributed by atoms with E-state index in [0.717, 1.165) is 36.1 Å². The van der Waals surface area contributed by atoms with Crippen LogP contribution in [0.15, 0.2) is 18.2 Å². The quantitative estimate of drug-likeness (QED) is 0.906. The van der Waals surface area contributed by atoms with Crippen LogP contribution >= 0.6 is 0 Å². The average molecular weight is 262 g/mol. The van der Waals surface area contributed by atoms with Gasteiger partial charge in [-0.05, 0) is 37.0 Å². The molecule has 2 aliphatic rings. The Morgan fingerprint density at radius 2 is 2.11 bits per heavy atom. The summed E-state index contributed by atoms with van der Waals surface area (Å²) >= 11 is 0. The molecule has 0 aromatic heterocycles. The fourth-order valence-electron chi connectivity index (χ4n) is 3.14. The SMILES string of the molecule is CC1CC(C)N(CC(N)c2ccc3c(c2)OCO3)C1. The molecule has 0 amide bonds. The molecule has 0 aliphatic carbocycles. The van der Waals surface area contributed by atoms with Crippen LogP contribution in [0.1, 0.15) is 31.9 Å². The second kappa shape index (κ2) is 5.02. The Balaban J connectivity index is 1.68. The van der Waals surface area contributed by atoms with Gasteiger partial charge in [0.15, 0.2) is 11.5 Å². The van der Waals surface area contributed by atoms with Crippen LogP contribution < -0.4 is 15.2 Å². The molecule has 1 fully saturated rings. The number of likely N-dealkylation sites (tertiary alicyclic amines) is 1. The van der Waals surface area contributed by atoms with Crippen LogP contribution in [0.3, 0.4) is 0 Å². The molecule has 1 aromatic rings. The fraction of sp³-hybridized carbons (Fsp3) is 0.600. The van der Waals surface area contributed by atoms with Crippen molar-refractivity contribution in [1.29, 1.82) is 0 Å². The summed E-state index contributed by atoms with van der Waals surface area (Å²) in [5.74, 6) is 2.41. The zero-order chi connectivity index (χ0) is 13.4. The Bertz CT molecular complexity index is 463. The zero-order valence-electron chi connectivity index (χ0n) is 11.6. The van der Waals surface area contributed by atoms with Crippen molar-refractivity contribution in [2.24, 2.45) is 11.7 Å². The Morgan fingerprint density at radius 3 is 2.84 bits per heavy atom. The Labute approximate surface area is 114 Å². The molecule has 1 aromatic carbocycles. The van der Waals surface area contributed by atoms with Gasteiger partial charge in [0.25, 0.3) is 0 Å². The maximum atomic E-state index is 6.34. The van der Waals surface area contributed by atoms with Crippen molar-refractivity contribution in [2.45, 2.75) is 32.4 Å². The third-order valence-electron chi connectivity index (χ3n) is 4.17. The predicted molar refractivity (Wildman–Crippen MR) is 74.3 cm³/mol. The molecule has 3 rings (SSSR count). The lowest BCUT2D eigenvalue weighted by Gasteiger charge is -2.25. The second-order valence-corrected chi connectivity index (χ2v) is 5.86. The van der Waals surface area contributed by atoms with Crippen molar-refractivity contribution in [3.05, 3.63) is 23.8 Å². The smallest absolute Gasteiger partial charge is 0.231 e. The van der Waals surface area contributed by atoms with Gasteiger partial charge in [-0.15, -0.1) is 0 Å². The standard InChI is InChI=1S/C15H22N2O2/c1-10-5-11(2)17(7-10)8-13(16)12-3-4-14-15(6-12)19-9-18-14/h3-4,6,10-11,13H,5,7-9,16H2,1-2H3. The molecule has 4 heteroatoms. The van der Waals surface area contributed by atoms with E-state index in [1.165, 1.54) is 6.42 Å². The van der Waals surface area contributed by atoms with Gasteiger partial charge in [0.1, 0.15) is 0 Å². The summed E-state index contributed by atoms with van der Waals surface area (Å²) in [7, 11) is 0. The summed E-state index contributed by atoms with van der Waals surface area (Å²) < 4.78 is 10.7. The van der Waals surface area contributed by atoms with Crippen LogP contribution in [0.4, 0.5) is 0 Å². The summed E-state index contributed by atoms with van der Waals surface area (Å²) in [5, 5.41) is 0. The van der Waals surface area contributed by atoms with Gasteiger partial charge in [0.2, 0.25) is 6.79 Å². The first-order valence-corrected chi connectivity index (χ1v) is 7.02. The predicted octanol–water partition coefficient (Wildman–Crippen LogP) is 2.15. The molecular weight excluding hydrogens is 240 g/mol. The number of hydrogen-bond donors (Lipinski definition) is 1. The summed E-state index contributed by atoms with van der Waals surface area (Å²) in [5.41, 5.74) is 7.46. The largest absolute Gasteiger partial charge is 0.454 e. The maximum absolute atomic E-state index is 6.34. The van der Waals surface area contributed by atoms with Crippen LogP contribution in [0.25, 0.3) is 0 Å². The third kappa shape index (κ3) is 2.55. The molecule has 104 valence electrons. The minimum absolute atomic E-state index is 0.0299. The van der Waals surface area contributed by atoms with E-state index in [2.05, 4.69) is 18.7 Å². The molecule has 0 bridgehead atoms. The van der Waals surface area contributed by atoms with Crippen LogP contribution in [0, 0.1) is 5.92 Å². The number of benzene rings is 1. The summed E-state index contributed by atoms with van der Waals surface area (Å²) in [4.78, 5) is 2.49. The van der Waals surface area contributed by atoms with Crippen LogP contribution in [-0.4, -0.2) is 30.8 Å². The minimum Gasteiger partial charge on any atom is -0.454 e. The molecule has 19 heavy (non-hydrogen) atoms. The molecule has 0 saturated carbocycles. The van der Waals surface area contributed by atoms with E-state index in [0.29, 0.717) is 12.8 Å². The molecular formula is C15H22N2O2. The molecule has 2 heterocycles. The molecule has 4 nitrogen and oxygen atoms in total. The molecule has 0 radical (unpaired) electrons. The minimum atomic E-state index is 0.0299. The summed E-state index contributed by atoms with van der Waals surface area (Å²) in [6.07, 6.45) is 1.27. The van der Waals surface area contributed by atoms with E-state index in [-0.39, 0.29) is 6.04 Å². The van der Waals surface area contributed by atoms with Gasteiger partial charge in [-0.25, -0.2) is 0 Å². The van der Waals surface area contributed by atoms with E-state index in [1.807, 2.05) is 18.2 Å². The van der Waals surface area contributed by atoms with E-state index in [1.54, 1.807) is 0 Å². The highest BCUT2D eigenvalue weighted by atomic mass is 16.7. The fourth-order valence-corrected chi connectivity index (χ4v) is 3.14.